The van der Waals surface area contributed by atoms with Crippen LogP contribution in [0.3, 0.4) is 0 Å². The lowest BCUT2D eigenvalue weighted by atomic mass is 10.0. The molecule has 0 N–H and O–H groups in total. The summed E-state index contributed by atoms with van der Waals surface area (Å²) in [6.45, 7) is 0. The number of aromatic nitrogens is 1. The van der Waals surface area contributed by atoms with Gasteiger partial charge in [0.1, 0.15) is 0 Å². The second kappa shape index (κ2) is 6.70. The zero-order chi connectivity index (χ0) is 17.9. The van der Waals surface area contributed by atoms with Crippen molar-refractivity contribution >= 4 is 11.6 Å². The Labute approximate surface area is 143 Å². The molecular formula is C20H13F3N2. The van der Waals surface area contributed by atoms with E-state index >= 15 is 0 Å². The van der Waals surface area contributed by atoms with Gasteiger partial charge in [-0.2, -0.15) is 18.4 Å². The Kier molecular flexibility index (Phi) is 4.44. The summed E-state index contributed by atoms with van der Waals surface area (Å²) >= 11 is 0. The molecule has 3 aromatic rings. The SMILES string of the molecule is N#C/C(=C/c1cccn1-c1ccccc1)c1ccc(C(F)(F)F)cc1. The molecule has 0 fully saturated rings. The van der Waals surface area contributed by atoms with Gasteiger partial charge in [0.15, 0.2) is 0 Å². The lowest BCUT2D eigenvalue weighted by Gasteiger charge is -2.08. The molecule has 25 heavy (non-hydrogen) atoms. The maximum atomic E-state index is 12.7. The van der Waals surface area contributed by atoms with Gasteiger partial charge >= 0.3 is 6.18 Å². The highest BCUT2D eigenvalue weighted by atomic mass is 19.4. The molecule has 0 saturated carbocycles. The lowest BCUT2D eigenvalue weighted by Crippen LogP contribution is -2.04. The minimum atomic E-state index is -4.39. The normalized spacial score (nSPS) is 12.0. The second-order valence-corrected chi connectivity index (χ2v) is 5.38. The van der Waals surface area contributed by atoms with E-state index in [-0.39, 0.29) is 0 Å². The standard InChI is InChI=1S/C20H13F3N2/c21-20(22,23)17-10-8-15(9-11-17)16(14-24)13-19-7-4-12-25(19)18-5-2-1-3-6-18/h1-13H/b16-13-. The van der Waals surface area contributed by atoms with Crippen LogP contribution in [-0.4, -0.2) is 4.57 Å². The summed E-state index contributed by atoms with van der Waals surface area (Å²) < 4.78 is 39.9. The summed E-state index contributed by atoms with van der Waals surface area (Å²) in [5.41, 5.74) is 1.70. The Hall–Kier alpha value is -3.26. The molecule has 0 atom stereocenters. The van der Waals surface area contributed by atoms with Crippen LogP contribution < -0.4 is 0 Å². The molecule has 0 radical (unpaired) electrons. The van der Waals surface area contributed by atoms with Gasteiger partial charge in [0.25, 0.3) is 0 Å². The highest BCUT2D eigenvalue weighted by molar-refractivity contribution is 5.89. The van der Waals surface area contributed by atoms with E-state index in [0.29, 0.717) is 11.1 Å². The summed E-state index contributed by atoms with van der Waals surface area (Å²) in [7, 11) is 0. The number of halogens is 3. The minimum absolute atomic E-state index is 0.296. The number of allylic oxidation sites excluding steroid dienone is 1. The summed E-state index contributed by atoms with van der Waals surface area (Å²) in [6.07, 6.45) is -0.866. The van der Waals surface area contributed by atoms with E-state index in [1.165, 1.54) is 12.1 Å². The topological polar surface area (TPSA) is 28.7 Å². The molecule has 0 unspecified atom stereocenters. The number of benzene rings is 2. The van der Waals surface area contributed by atoms with Crippen molar-refractivity contribution in [2.24, 2.45) is 0 Å². The average Bonchev–Trinajstić information content (AvgIpc) is 3.08. The largest absolute Gasteiger partial charge is 0.416 e. The molecule has 0 bridgehead atoms. The van der Waals surface area contributed by atoms with Crippen molar-refractivity contribution in [3.63, 3.8) is 0 Å². The van der Waals surface area contributed by atoms with Crippen LogP contribution in [0.1, 0.15) is 16.8 Å². The first-order chi connectivity index (χ1) is 12.0. The third-order valence-electron chi connectivity index (χ3n) is 3.75. The molecule has 1 heterocycles. The molecule has 0 amide bonds. The Morgan fingerprint density at radius 3 is 2.20 bits per heavy atom. The Morgan fingerprint density at radius 1 is 0.920 bits per heavy atom. The van der Waals surface area contributed by atoms with Crippen molar-refractivity contribution in [3.05, 3.63) is 89.7 Å². The van der Waals surface area contributed by atoms with Gasteiger partial charge < -0.3 is 4.57 Å². The molecule has 0 aliphatic rings. The van der Waals surface area contributed by atoms with Crippen molar-refractivity contribution in [1.82, 2.24) is 4.57 Å². The van der Waals surface area contributed by atoms with Gasteiger partial charge in [-0.05, 0) is 48.0 Å². The first-order valence-corrected chi connectivity index (χ1v) is 7.51. The van der Waals surface area contributed by atoms with E-state index < -0.39 is 11.7 Å². The van der Waals surface area contributed by atoms with E-state index in [1.54, 1.807) is 6.08 Å². The van der Waals surface area contributed by atoms with Crippen LogP contribution in [0.25, 0.3) is 17.3 Å². The fraction of sp³-hybridized carbons (Fsp3) is 0.0500. The van der Waals surface area contributed by atoms with Crippen LogP contribution in [0.5, 0.6) is 0 Å². The quantitative estimate of drug-likeness (QED) is 0.575. The van der Waals surface area contributed by atoms with Crippen LogP contribution >= 0.6 is 0 Å². The van der Waals surface area contributed by atoms with Crippen LogP contribution in [0, 0.1) is 11.3 Å². The molecule has 0 aliphatic carbocycles. The third kappa shape index (κ3) is 3.64. The van der Waals surface area contributed by atoms with E-state index in [9.17, 15) is 18.4 Å². The van der Waals surface area contributed by atoms with Gasteiger partial charge in [-0.15, -0.1) is 0 Å². The molecular weight excluding hydrogens is 325 g/mol. The number of rotatable bonds is 3. The molecule has 3 rings (SSSR count). The van der Waals surface area contributed by atoms with Crippen LogP contribution in [0.4, 0.5) is 13.2 Å². The summed E-state index contributed by atoms with van der Waals surface area (Å²) in [4.78, 5) is 0. The Balaban J connectivity index is 1.98. The predicted molar refractivity (Wildman–Crippen MR) is 90.7 cm³/mol. The van der Waals surface area contributed by atoms with Crippen molar-refractivity contribution in [2.75, 3.05) is 0 Å². The summed E-state index contributed by atoms with van der Waals surface area (Å²) in [5, 5.41) is 9.42. The van der Waals surface area contributed by atoms with E-state index in [4.69, 9.17) is 0 Å². The van der Waals surface area contributed by atoms with Crippen molar-refractivity contribution in [3.8, 4) is 11.8 Å². The van der Waals surface area contributed by atoms with Gasteiger partial charge in [0.2, 0.25) is 0 Å². The van der Waals surface area contributed by atoms with Gasteiger partial charge in [-0.25, -0.2) is 0 Å². The van der Waals surface area contributed by atoms with Crippen LogP contribution in [0.2, 0.25) is 0 Å². The molecule has 1 aromatic heterocycles. The van der Waals surface area contributed by atoms with Crippen LogP contribution in [0.15, 0.2) is 72.9 Å². The maximum absolute atomic E-state index is 12.7. The molecule has 2 aromatic carbocycles. The number of nitrogens with zero attached hydrogens (tertiary/aromatic N) is 2. The highest BCUT2D eigenvalue weighted by Crippen LogP contribution is 2.30. The van der Waals surface area contributed by atoms with Crippen molar-refractivity contribution in [2.45, 2.75) is 6.18 Å². The number of hydrogen-bond acceptors (Lipinski definition) is 1. The van der Waals surface area contributed by atoms with E-state index in [2.05, 4.69) is 6.07 Å². The molecule has 2 nitrogen and oxygen atoms in total. The predicted octanol–water partition coefficient (Wildman–Crippen LogP) is 5.56. The molecule has 0 spiro atoms. The van der Waals surface area contributed by atoms with E-state index in [0.717, 1.165) is 23.5 Å². The van der Waals surface area contributed by atoms with E-state index in [1.807, 2.05) is 53.2 Å². The van der Waals surface area contributed by atoms with Crippen LogP contribution in [-0.2, 0) is 6.18 Å². The Bertz CT molecular complexity index is 928. The third-order valence-corrected chi connectivity index (χ3v) is 3.75. The monoisotopic (exact) mass is 338 g/mol. The minimum Gasteiger partial charge on any atom is -0.317 e. The van der Waals surface area contributed by atoms with Crippen molar-refractivity contribution in [1.29, 1.82) is 5.26 Å². The van der Waals surface area contributed by atoms with Gasteiger partial charge in [-0.3, -0.25) is 0 Å². The number of hydrogen-bond donors (Lipinski definition) is 0. The Morgan fingerprint density at radius 2 is 1.60 bits per heavy atom. The number of para-hydroxylation sites is 1. The average molecular weight is 338 g/mol. The molecule has 0 saturated heterocycles. The zero-order valence-corrected chi connectivity index (χ0v) is 13.0. The first kappa shape index (κ1) is 16.6. The van der Waals surface area contributed by atoms with Gasteiger partial charge in [0.05, 0.1) is 17.2 Å². The second-order valence-electron chi connectivity index (χ2n) is 5.38. The molecule has 5 heteroatoms. The smallest absolute Gasteiger partial charge is 0.317 e. The molecule has 124 valence electrons. The van der Waals surface area contributed by atoms with Gasteiger partial charge in [-0.1, -0.05) is 30.3 Å². The number of nitriles is 1. The lowest BCUT2D eigenvalue weighted by molar-refractivity contribution is -0.137. The summed E-state index contributed by atoms with van der Waals surface area (Å²) in [5.74, 6) is 0. The fourth-order valence-corrected chi connectivity index (χ4v) is 2.50. The molecule has 0 aliphatic heterocycles. The van der Waals surface area contributed by atoms with Crippen molar-refractivity contribution < 1.29 is 13.2 Å². The summed E-state index contributed by atoms with van der Waals surface area (Å²) in [6, 6.07) is 19.9. The maximum Gasteiger partial charge on any atom is 0.416 e. The fourth-order valence-electron chi connectivity index (χ4n) is 2.50. The zero-order valence-electron chi connectivity index (χ0n) is 13.0. The first-order valence-electron chi connectivity index (χ1n) is 7.51. The number of alkyl halides is 3. The van der Waals surface area contributed by atoms with Gasteiger partial charge in [0, 0.05) is 17.6 Å². The highest BCUT2D eigenvalue weighted by Gasteiger charge is 2.30.